The zero-order chi connectivity index (χ0) is 22.9. The number of halogens is 1. The van der Waals surface area contributed by atoms with E-state index in [0.29, 0.717) is 26.1 Å². The van der Waals surface area contributed by atoms with Crippen LogP contribution in [0.1, 0.15) is 28.4 Å². The molecule has 0 fully saturated rings. The Balaban J connectivity index is 0.000000724. The highest BCUT2D eigenvalue weighted by atomic mass is 19.1. The largest absolute Gasteiger partial charge is 0.493 e. The van der Waals surface area contributed by atoms with Crippen LogP contribution < -0.4 is 9.47 Å². The fourth-order valence-electron chi connectivity index (χ4n) is 4.63. The minimum absolute atomic E-state index is 0.0110. The van der Waals surface area contributed by atoms with Crippen LogP contribution in [-0.4, -0.2) is 44.4 Å². The van der Waals surface area contributed by atoms with E-state index in [1.54, 1.807) is 18.6 Å². The molecule has 0 saturated heterocycles. The predicted molar refractivity (Wildman–Crippen MR) is 117 cm³/mol. The number of pyridine rings is 2. The zero-order valence-corrected chi connectivity index (χ0v) is 17.9. The molecular formula is C24H21FN4O4. The second kappa shape index (κ2) is 8.50. The van der Waals surface area contributed by atoms with E-state index in [-0.39, 0.29) is 18.2 Å². The van der Waals surface area contributed by atoms with Crippen LogP contribution in [0.15, 0.2) is 42.9 Å². The molecule has 0 radical (unpaired) electrons. The molecular weight excluding hydrogens is 427 g/mol. The van der Waals surface area contributed by atoms with Crippen molar-refractivity contribution in [1.29, 1.82) is 0 Å². The summed E-state index contributed by atoms with van der Waals surface area (Å²) in [5.41, 5.74) is 6.18. The molecule has 5 heterocycles. The summed E-state index contributed by atoms with van der Waals surface area (Å²) >= 11 is 0. The van der Waals surface area contributed by atoms with E-state index in [2.05, 4.69) is 15.2 Å². The molecule has 33 heavy (non-hydrogen) atoms. The Bertz CT molecular complexity index is 1350. The van der Waals surface area contributed by atoms with Crippen molar-refractivity contribution in [1.82, 2.24) is 19.6 Å². The molecule has 0 saturated carbocycles. The number of carbonyl (C=O) groups is 1. The van der Waals surface area contributed by atoms with Crippen molar-refractivity contribution in [2.45, 2.75) is 25.7 Å². The van der Waals surface area contributed by atoms with Crippen molar-refractivity contribution >= 4 is 12.1 Å². The maximum absolute atomic E-state index is 14.7. The Morgan fingerprint density at radius 1 is 1.15 bits per heavy atom. The topological polar surface area (TPSA) is 98.8 Å². The van der Waals surface area contributed by atoms with Crippen molar-refractivity contribution in [3.63, 3.8) is 0 Å². The van der Waals surface area contributed by atoms with Crippen LogP contribution in [0.25, 0.3) is 16.8 Å². The lowest BCUT2D eigenvalue weighted by atomic mass is 9.93. The Morgan fingerprint density at radius 3 is 2.73 bits per heavy atom. The Labute approximate surface area is 188 Å². The van der Waals surface area contributed by atoms with Gasteiger partial charge in [-0.15, -0.1) is 10.2 Å². The second-order valence-electron chi connectivity index (χ2n) is 7.89. The molecule has 0 aliphatic carbocycles. The van der Waals surface area contributed by atoms with Gasteiger partial charge in [0.2, 0.25) is 0 Å². The van der Waals surface area contributed by atoms with E-state index in [1.165, 1.54) is 6.07 Å². The van der Waals surface area contributed by atoms with Crippen LogP contribution >= 0.6 is 0 Å². The first-order valence-corrected chi connectivity index (χ1v) is 10.5. The summed E-state index contributed by atoms with van der Waals surface area (Å²) in [6.45, 7) is 2.65. The first-order chi connectivity index (χ1) is 16.1. The van der Waals surface area contributed by atoms with Crippen molar-refractivity contribution in [3.05, 3.63) is 71.2 Å². The van der Waals surface area contributed by atoms with Crippen molar-refractivity contribution in [2.75, 3.05) is 13.2 Å². The van der Waals surface area contributed by atoms with E-state index in [9.17, 15) is 4.39 Å². The third kappa shape index (κ3) is 3.55. The zero-order valence-electron chi connectivity index (χ0n) is 17.9. The van der Waals surface area contributed by atoms with E-state index in [0.717, 1.165) is 50.8 Å². The van der Waals surface area contributed by atoms with Gasteiger partial charge in [-0.25, -0.2) is 4.39 Å². The smallest absolute Gasteiger partial charge is 0.290 e. The summed E-state index contributed by atoms with van der Waals surface area (Å²) in [6, 6.07) is 9.18. The van der Waals surface area contributed by atoms with Gasteiger partial charge in [0.05, 0.1) is 24.8 Å². The maximum Gasteiger partial charge on any atom is 0.290 e. The van der Waals surface area contributed by atoms with Gasteiger partial charge in [-0.2, -0.15) is 0 Å². The number of aryl methyl sites for hydroxylation is 2. The molecule has 0 spiro atoms. The van der Waals surface area contributed by atoms with E-state index >= 15 is 0 Å². The standard InChI is InChI=1S/C23H19FN4O2.CH2O2/c1-13-15(3-2-8-25-13)17-9-21-19(28-12-26-27-23(17)28)6-4-16-18(24)5-7-20-22(16)14(10-29-20)11-30-21;2-1-3/h2-3,5,7-9,12,14H,4,6,10-11H2,1H3;1H,(H,2,3)/t14-;/m1./s1. The lowest BCUT2D eigenvalue weighted by Gasteiger charge is -2.16. The third-order valence-corrected chi connectivity index (χ3v) is 6.10. The van der Waals surface area contributed by atoms with Crippen LogP contribution in [-0.2, 0) is 17.6 Å². The number of rotatable bonds is 1. The van der Waals surface area contributed by atoms with Gasteiger partial charge < -0.3 is 14.6 Å². The quantitative estimate of drug-likeness (QED) is 0.444. The molecule has 0 unspecified atom stereocenters. The second-order valence-corrected chi connectivity index (χ2v) is 7.89. The Hall–Kier alpha value is -4.01. The fourth-order valence-corrected chi connectivity index (χ4v) is 4.63. The molecule has 168 valence electrons. The number of nitrogens with zero attached hydrogens (tertiary/aromatic N) is 4. The number of aromatic nitrogens is 4. The molecule has 3 aromatic heterocycles. The highest BCUT2D eigenvalue weighted by Gasteiger charge is 2.31. The summed E-state index contributed by atoms with van der Waals surface area (Å²) in [5.74, 6) is 1.36. The number of fused-ring (bicyclic) bond motifs is 3. The lowest BCUT2D eigenvalue weighted by Crippen LogP contribution is -2.13. The molecule has 8 nitrogen and oxygen atoms in total. The van der Waals surface area contributed by atoms with Crippen LogP contribution in [0.4, 0.5) is 4.39 Å². The van der Waals surface area contributed by atoms with Gasteiger partial charge in [-0.3, -0.25) is 14.2 Å². The van der Waals surface area contributed by atoms with Gasteiger partial charge in [0.25, 0.3) is 6.47 Å². The van der Waals surface area contributed by atoms with Crippen molar-refractivity contribution in [3.8, 4) is 22.6 Å². The van der Waals surface area contributed by atoms with Gasteiger partial charge in [0.15, 0.2) is 5.65 Å². The van der Waals surface area contributed by atoms with Gasteiger partial charge in [0.1, 0.15) is 23.6 Å². The molecule has 0 amide bonds. The number of hydrogen-bond donors (Lipinski definition) is 1. The summed E-state index contributed by atoms with van der Waals surface area (Å²) in [7, 11) is 0. The average molecular weight is 448 g/mol. The summed E-state index contributed by atoms with van der Waals surface area (Å²) in [4.78, 5) is 12.8. The minimum Gasteiger partial charge on any atom is -0.493 e. The summed E-state index contributed by atoms with van der Waals surface area (Å²) < 4.78 is 28.8. The molecule has 1 aromatic carbocycles. The van der Waals surface area contributed by atoms with Crippen LogP contribution in [0.2, 0.25) is 0 Å². The van der Waals surface area contributed by atoms with Gasteiger partial charge in [0, 0.05) is 28.6 Å². The Morgan fingerprint density at radius 2 is 1.94 bits per heavy atom. The third-order valence-electron chi connectivity index (χ3n) is 6.10. The fraction of sp³-hybridized carbons (Fsp3) is 0.250. The van der Waals surface area contributed by atoms with E-state index < -0.39 is 0 Å². The van der Waals surface area contributed by atoms with Crippen LogP contribution in [0.5, 0.6) is 11.5 Å². The molecule has 2 aliphatic heterocycles. The minimum atomic E-state index is -0.250. The molecule has 6 rings (SSSR count). The van der Waals surface area contributed by atoms with E-state index in [4.69, 9.17) is 19.4 Å². The summed E-state index contributed by atoms with van der Waals surface area (Å²) in [6.07, 6.45) is 4.64. The first-order valence-electron chi connectivity index (χ1n) is 10.5. The highest BCUT2D eigenvalue weighted by Crippen LogP contribution is 2.41. The lowest BCUT2D eigenvalue weighted by molar-refractivity contribution is -0.122. The molecule has 1 N–H and O–H groups in total. The van der Waals surface area contributed by atoms with Crippen molar-refractivity contribution in [2.24, 2.45) is 0 Å². The molecule has 4 aromatic rings. The molecule has 9 heteroatoms. The monoisotopic (exact) mass is 448 g/mol. The van der Waals surface area contributed by atoms with Crippen LogP contribution in [0, 0.1) is 12.7 Å². The normalized spacial score (nSPS) is 16.1. The van der Waals surface area contributed by atoms with Crippen molar-refractivity contribution < 1.29 is 23.8 Å². The number of ether oxygens (including phenoxy) is 2. The number of hydrogen-bond acceptors (Lipinski definition) is 6. The van der Waals surface area contributed by atoms with Crippen LogP contribution in [0.3, 0.4) is 0 Å². The molecule has 2 aliphatic rings. The molecule has 1 atom stereocenters. The van der Waals surface area contributed by atoms with Gasteiger partial charge >= 0.3 is 0 Å². The van der Waals surface area contributed by atoms with Gasteiger partial charge in [-0.05, 0) is 49.6 Å². The first kappa shape index (κ1) is 20.9. The SMILES string of the molecule is Cc1ncccc1-c1cc2c(n3cnnc13)CCc1c(F)ccc3c1[C@H](CO3)CO2.O=CO. The molecule has 0 bridgehead atoms. The van der Waals surface area contributed by atoms with Gasteiger partial charge in [-0.1, -0.05) is 6.07 Å². The average Bonchev–Trinajstić information content (AvgIpc) is 3.46. The highest BCUT2D eigenvalue weighted by molar-refractivity contribution is 5.80. The Kier molecular flexibility index (Phi) is 5.37. The number of benzene rings is 1. The predicted octanol–water partition coefficient (Wildman–Crippen LogP) is 3.59. The number of carboxylic acid groups (broad SMARTS) is 1. The van der Waals surface area contributed by atoms with E-state index in [1.807, 2.05) is 29.5 Å². The maximum atomic E-state index is 14.7. The summed E-state index contributed by atoms with van der Waals surface area (Å²) in [5, 5.41) is 15.4.